The van der Waals surface area contributed by atoms with E-state index in [1.807, 2.05) is 18.2 Å². The number of ether oxygens (including phenoxy) is 1. The highest BCUT2D eigenvalue weighted by molar-refractivity contribution is 5.91. The van der Waals surface area contributed by atoms with Gasteiger partial charge < -0.3 is 9.72 Å². The Morgan fingerprint density at radius 2 is 1.92 bits per heavy atom. The van der Waals surface area contributed by atoms with E-state index in [0.29, 0.717) is 41.6 Å². The molecule has 1 N–H and O–H groups in total. The lowest BCUT2D eigenvalue weighted by molar-refractivity contribution is 0.0500. The van der Waals surface area contributed by atoms with Crippen LogP contribution in [0.15, 0.2) is 53.3 Å². The maximum atomic E-state index is 12.3. The number of esters is 1. The van der Waals surface area contributed by atoms with E-state index in [1.54, 1.807) is 36.4 Å². The van der Waals surface area contributed by atoms with Crippen molar-refractivity contribution < 1.29 is 9.53 Å². The second-order valence-corrected chi connectivity index (χ2v) is 5.76. The summed E-state index contributed by atoms with van der Waals surface area (Å²) in [6.07, 6.45) is 1.16. The van der Waals surface area contributed by atoms with E-state index < -0.39 is 5.97 Å². The zero-order valence-electron chi connectivity index (χ0n) is 14.1. The number of aromatic amines is 1. The number of unbranched alkanes of at least 4 members (excludes halogenated alkanes) is 1. The van der Waals surface area contributed by atoms with E-state index in [-0.39, 0.29) is 12.2 Å². The zero-order chi connectivity index (χ0) is 18.4. The van der Waals surface area contributed by atoms with Gasteiger partial charge in [-0.25, -0.2) is 9.78 Å². The van der Waals surface area contributed by atoms with Crippen LogP contribution in [-0.4, -0.2) is 22.5 Å². The summed E-state index contributed by atoms with van der Waals surface area (Å²) in [6.45, 7) is 0.200. The largest absolute Gasteiger partial charge is 0.462 e. The van der Waals surface area contributed by atoms with E-state index in [4.69, 9.17) is 10.00 Å². The smallest absolute Gasteiger partial charge is 0.338 e. The Morgan fingerprint density at radius 3 is 2.77 bits per heavy atom. The van der Waals surface area contributed by atoms with Crippen molar-refractivity contribution in [2.24, 2.45) is 0 Å². The first-order chi connectivity index (χ1) is 12.7. The Bertz CT molecular complexity index is 1030. The average molecular weight is 347 g/mol. The molecule has 0 aliphatic heterocycles. The van der Waals surface area contributed by atoms with Crippen LogP contribution in [0, 0.1) is 11.3 Å². The molecule has 0 amide bonds. The summed E-state index contributed by atoms with van der Waals surface area (Å²) < 4.78 is 5.22. The number of fused-ring (bicyclic) bond motifs is 1. The molecule has 6 nitrogen and oxygen atoms in total. The first-order valence-electron chi connectivity index (χ1n) is 8.29. The van der Waals surface area contributed by atoms with Crippen LogP contribution in [0.2, 0.25) is 0 Å². The monoisotopic (exact) mass is 347 g/mol. The van der Waals surface area contributed by atoms with E-state index in [1.165, 1.54) is 0 Å². The number of rotatable bonds is 6. The van der Waals surface area contributed by atoms with Crippen molar-refractivity contribution in [2.75, 3.05) is 6.61 Å². The van der Waals surface area contributed by atoms with Gasteiger partial charge in [0, 0.05) is 12.8 Å². The minimum Gasteiger partial charge on any atom is -0.462 e. The van der Waals surface area contributed by atoms with Crippen molar-refractivity contribution >= 4 is 16.9 Å². The molecule has 3 aromatic rings. The molecule has 0 radical (unpaired) electrons. The summed E-state index contributed by atoms with van der Waals surface area (Å²) in [5.74, 6) is 0.0418. The summed E-state index contributed by atoms with van der Waals surface area (Å²) in [5.41, 5.74) is 1.56. The van der Waals surface area contributed by atoms with Crippen LogP contribution in [0.4, 0.5) is 0 Å². The summed E-state index contributed by atoms with van der Waals surface area (Å²) in [5, 5.41) is 9.06. The summed E-state index contributed by atoms with van der Waals surface area (Å²) in [6, 6.07) is 16.2. The summed E-state index contributed by atoms with van der Waals surface area (Å²) in [7, 11) is 0. The van der Waals surface area contributed by atoms with Gasteiger partial charge in [-0.2, -0.15) is 5.26 Å². The molecule has 0 fully saturated rings. The van der Waals surface area contributed by atoms with Gasteiger partial charge in [0.05, 0.1) is 29.1 Å². The van der Waals surface area contributed by atoms with Gasteiger partial charge in [-0.05, 0) is 30.2 Å². The number of carbonyl (C=O) groups is 1. The van der Waals surface area contributed by atoms with E-state index >= 15 is 0 Å². The van der Waals surface area contributed by atoms with Crippen LogP contribution in [0.5, 0.6) is 0 Å². The van der Waals surface area contributed by atoms with Crippen molar-refractivity contribution in [1.29, 1.82) is 5.26 Å². The fraction of sp³-hybridized carbons (Fsp3) is 0.200. The van der Waals surface area contributed by atoms with Crippen LogP contribution in [0.25, 0.3) is 10.9 Å². The van der Waals surface area contributed by atoms with Crippen molar-refractivity contribution in [2.45, 2.75) is 19.3 Å². The van der Waals surface area contributed by atoms with Gasteiger partial charge >= 0.3 is 5.97 Å². The van der Waals surface area contributed by atoms with Crippen molar-refractivity contribution in [3.8, 4) is 6.07 Å². The molecule has 0 aliphatic rings. The molecule has 6 heteroatoms. The third kappa shape index (κ3) is 3.95. The van der Waals surface area contributed by atoms with Gasteiger partial charge in [0.25, 0.3) is 5.56 Å². The molecule has 0 atom stereocenters. The zero-order valence-corrected chi connectivity index (χ0v) is 14.1. The fourth-order valence-corrected chi connectivity index (χ4v) is 2.67. The SMILES string of the molecule is N#CCCCOC(=O)c1ccccc1Cc1nc2ccccc2c(=O)[nH]1. The first kappa shape index (κ1) is 17.4. The Hall–Kier alpha value is -3.46. The minimum absolute atomic E-state index is 0.200. The number of aromatic nitrogens is 2. The van der Waals surface area contributed by atoms with Crippen LogP contribution >= 0.6 is 0 Å². The molecule has 0 bridgehead atoms. The van der Waals surface area contributed by atoms with Gasteiger partial charge in [0.2, 0.25) is 0 Å². The molecule has 1 heterocycles. The predicted molar refractivity (Wildman–Crippen MR) is 96.7 cm³/mol. The molecule has 26 heavy (non-hydrogen) atoms. The second kappa shape index (κ2) is 8.08. The van der Waals surface area contributed by atoms with Gasteiger partial charge in [-0.1, -0.05) is 30.3 Å². The summed E-state index contributed by atoms with van der Waals surface area (Å²) in [4.78, 5) is 31.7. The standard InChI is InChI=1S/C20H17N3O3/c21-11-5-6-12-26-20(25)15-8-2-1-7-14(15)13-18-22-17-10-4-3-9-16(17)19(24)23-18/h1-4,7-10H,5-6,12-13H2,(H,22,23,24). The van der Waals surface area contributed by atoms with E-state index in [2.05, 4.69) is 9.97 Å². The van der Waals surface area contributed by atoms with E-state index in [0.717, 1.165) is 5.56 Å². The molecular formula is C20H17N3O3. The number of H-pyrrole nitrogens is 1. The lowest BCUT2D eigenvalue weighted by atomic mass is 10.0. The molecule has 0 saturated carbocycles. The first-order valence-corrected chi connectivity index (χ1v) is 8.29. The molecule has 0 unspecified atom stereocenters. The number of carbonyl (C=O) groups excluding carboxylic acids is 1. The minimum atomic E-state index is -0.443. The van der Waals surface area contributed by atoms with Gasteiger partial charge in [0.1, 0.15) is 5.82 Å². The molecule has 130 valence electrons. The van der Waals surface area contributed by atoms with Gasteiger partial charge in [0.15, 0.2) is 0 Å². The number of para-hydroxylation sites is 1. The number of nitrogens with zero attached hydrogens (tertiary/aromatic N) is 2. The molecular weight excluding hydrogens is 330 g/mol. The number of nitrogens with one attached hydrogen (secondary N) is 1. The van der Waals surface area contributed by atoms with Crippen molar-refractivity contribution in [1.82, 2.24) is 9.97 Å². The van der Waals surface area contributed by atoms with E-state index in [9.17, 15) is 9.59 Å². The maximum absolute atomic E-state index is 12.3. The average Bonchev–Trinajstić information content (AvgIpc) is 2.65. The Morgan fingerprint density at radius 1 is 1.15 bits per heavy atom. The lowest BCUT2D eigenvalue weighted by Gasteiger charge is -2.09. The molecule has 2 aromatic carbocycles. The molecule has 0 aliphatic carbocycles. The van der Waals surface area contributed by atoms with Crippen LogP contribution in [0.3, 0.4) is 0 Å². The fourth-order valence-electron chi connectivity index (χ4n) is 2.67. The third-order valence-electron chi connectivity index (χ3n) is 3.92. The normalized spacial score (nSPS) is 10.4. The van der Waals surface area contributed by atoms with Gasteiger partial charge in [-0.3, -0.25) is 4.79 Å². The molecule has 1 aromatic heterocycles. The van der Waals surface area contributed by atoms with Crippen LogP contribution < -0.4 is 5.56 Å². The van der Waals surface area contributed by atoms with Crippen molar-refractivity contribution in [3.05, 3.63) is 75.8 Å². The third-order valence-corrected chi connectivity index (χ3v) is 3.92. The number of hydrogen-bond acceptors (Lipinski definition) is 5. The Labute approximate surface area is 150 Å². The van der Waals surface area contributed by atoms with Crippen molar-refractivity contribution in [3.63, 3.8) is 0 Å². The maximum Gasteiger partial charge on any atom is 0.338 e. The van der Waals surface area contributed by atoms with Crippen LogP contribution in [0.1, 0.15) is 34.6 Å². The Balaban J connectivity index is 1.84. The van der Waals surface area contributed by atoms with Gasteiger partial charge in [-0.15, -0.1) is 0 Å². The number of nitriles is 1. The highest BCUT2D eigenvalue weighted by Crippen LogP contribution is 2.15. The molecule has 3 rings (SSSR count). The predicted octanol–water partition coefficient (Wildman–Crippen LogP) is 2.97. The topological polar surface area (TPSA) is 95.8 Å². The highest BCUT2D eigenvalue weighted by atomic mass is 16.5. The molecule has 0 spiro atoms. The number of hydrogen-bond donors (Lipinski definition) is 1. The Kier molecular flexibility index (Phi) is 5.40. The molecule has 0 saturated heterocycles. The second-order valence-electron chi connectivity index (χ2n) is 5.76. The summed E-state index contributed by atoms with van der Waals surface area (Å²) >= 11 is 0. The number of benzene rings is 2. The highest BCUT2D eigenvalue weighted by Gasteiger charge is 2.14. The quantitative estimate of drug-likeness (QED) is 0.546. The lowest BCUT2D eigenvalue weighted by Crippen LogP contribution is -2.14. The van der Waals surface area contributed by atoms with Crippen LogP contribution in [-0.2, 0) is 11.2 Å².